The Kier molecular flexibility index (Phi) is 5.53. The van der Waals surface area contributed by atoms with Crippen molar-refractivity contribution >= 4 is 41.8 Å². The Labute approximate surface area is 131 Å². The van der Waals surface area contributed by atoms with Gasteiger partial charge in [0.05, 0.1) is 16.2 Å². The minimum Gasteiger partial charge on any atom is -0.478 e. The molecule has 0 aliphatic carbocycles. The molecule has 1 aromatic carbocycles. The number of halogens is 1. The zero-order valence-electron chi connectivity index (χ0n) is 11.3. The molecule has 0 atom stereocenters. The Bertz CT molecular complexity index is 770. The maximum absolute atomic E-state index is 12.0. The quantitative estimate of drug-likeness (QED) is 0.729. The van der Waals surface area contributed by atoms with Gasteiger partial charge in [0.1, 0.15) is 9.84 Å². The Morgan fingerprint density at radius 1 is 1.29 bits per heavy atom. The second kappa shape index (κ2) is 6.42. The highest BCUT2D eigenvalue weighted by atomic mass is 79.9. The summed E-state index contributed by atoms with van der Waals surface area (Å²) >= 11 is 3.11. The van der Waals surface area contributed by atoms with Gasteiger partial charge >= 0.3 is 5.97 Å². The third kappa shape index (κ3) is 5.06. The van der Waals surface area contributed by atoms with E-state index in [1.165, 1.54) is 6.07 Å². The number of benzene rings is 1. The van der Waals surface area contributed by atoms with Gasteiger partial charge < -0.3 is 5.11 Å². The maximum atomic E-state index is 12.0. The molecule has 7 nitrogen and oxygen atoms in total. The van der Waals surface area contributed by atoms with Crippen LogP contribution in [-0.4, -0.2) is 46.5 Å². The van der Waals surface area contributed by atoms with Crippen LogP contribution in [0.3, 0.4) is 0 Å². The predicted octanol–water partition coefficient (Wildman–Crippen LogP) is 0.779. The molecule has 0 aliphatic heterocycles. The average Bonchev–Trinajstić information content (AvgIpc) is 2.29. The first kappa shape index (κ1) is 18.1. The first-order valence-electron chi connectivity index (χ1n) is 5.65. The van der Waals surface area contributed by atoms with Crippen molar-refractivity contribution in [2.75, 3.05) is 18.6 Å². The normalized spacial score (nSPS) is 12.3. The van der Waals surface area contributed by atoms with Crippen molar-refractivity contribution in [3.8, 4) is 0 Å². The average molecular weight is 400 g/mol. The first-order chi connectivity index (χ1) is 9.44. The molecule has 0 heterocycles. The lowest BCUT2D eigenvalue weighted by Crippen LogP contribution is -2.29. The summed E-state index contributed by atoms with van der Waals surface area (Å²) in [5.41, 5.74) is 0.255. The Hall–Kier alpha value is -0.970. The summed E-state index contributed by atoms with van der Waals surface area (Å²) < 4.78 is 48.5. The molecule has 1 rings (SSSR count). The highest BCUT2D eigenvalue weighted by Gasteiger charge is 2.20. The van der Waals surface area contributed by atoms with Gasteiger partial charge in [-0.2, -0.15) is 0 Å². The van der Waals surface area contributed by atoms with E-state index in [4.69, 9.17) is 5.11 Å². The molecule has 0 radical (unpaired) electrons. The number of sulfonamides is 1. The van der Waals surface area contributed by atoms with Gasteiger partial charge in [-0.1, -0.05) is 15.9 Å². The van der Waals surface area contributed by atoms with E-state index in [2.05, 4.69) is 20.7 Å². The van der Waals surface area contributed by atoms with Crippen molar-refractivity contribution in [1.82, 2.24) is 4.72 Å². The topological polar surface area (TPSA) is 118 Å². The molecule has 118 valence electrons. The lowest BCUT2D eigenvalue weighted by Gasteiger charge is -2.10. The van der Waals surface area contributed by atoms with Gasteiger partial charge in [-0.15, -0.1) is 0 Å². The number of carboxylic acids is 1. The van der Waals surface area contributed by atoms with E-state index in [1.54, 1.807) is 6.92 Å². The van der Waals surface area contributed by atoms with Gasteiger partial charge in [-0.25, -0.2) is 26.4 Å². The third-order valence-corrected chi connectivity index (χ3v) is 5.83. The summed E-state index contributed by atoms with van der Waals surface area (Å²) in [5, 5.41) is 9.05. The van der Waals surface area contributed by atoms with Crippen LogP contribution in [0.2, 0.25) is 0 Å². The molecule has 10 heteroatoms. The molecule has 21 heavy (non-hydrogen) atoms. The van der Waals surface area contributed by atoms with E-state index in [0.29, 0.717) is 10.0 Å². The van der Waals surface area contributed by atoms with Gasteiger partial charge in [0.2, 0.25) is 10.0 Å². The monoisotopic (exact) mass is 399 g/mol. The van der Waals surface area contributed by atoms with Crippen molar-refractivity contribution in [1.29, 1.82) is 0 Å². The maximum Gasteiger partial charge on any atom is 0.336 e. The summed E-state index contributed by atoms with van der Waals surface area (Å²) in [5.74, 6) is -1.59. The summed E-state index contributed by atoms with van der Waals surface area (Å²) in [6, 6.07) is 2.30. The van der Waals surface area contributed by atoms with Gasteiger partial charge in [-0.3, -0.25) is 0 Å². The fourth-order valence-electron chi connectivity index (χ4n) is 1.48. The fourth-order valence-corrected chi connectivity index (χ4v) is 3.77. The minimum absolute atomic E-state index is 0.145. The van der Waals surface area contributed by atoms with Crippen molar-refractivity contribution in [3.05, 3.63) is 27.7 Å². The fraction of sp³-hybridized carbons (Fsp3) is 0.364. The largest absolute Gasteiger partial charge is 0.478 e. The molecule has 0 fully saturated rings. The number of aromatic carboxylic acids is 1. The molecular formula is C11H14BrNO6S2. The molecule has 0 saturated heterocycles. The van der Waals surface area contributed by atoms with Crippen molar-refractivity contribution in [2.45, 2.75) is 11.8 Å². The minimum atomic E-state index is -3.99. The lowest BCUT2D eigenvalue weighted by atomic mass is 10.1. The number of hydrogen-bond acceptors (Lipinski definition) is 5. The van der Waals surface area contributed by atoms with E-state index in [0.717, 1.165) is 12.3 Å². The highest BCUT2D eigenvalue weighted by Crippen LogP contribution is 2.24. The van der Waals surface area contributed by atoms with Crippen LogP contribution in [-0.2, 0) is 19.9 Å². The van der Waals surface area contributed by atoms with E-state index in [-0.39, 0.29) is 22.8 Å². The molecule has 0 spiro atoms. The standard InChI is InChI=1S/C11H14BrNO6S2/c1-7-9(11(14)15)5-8(6-10(7)12)21(18,19)13-3-4-20(2,16)17/h5-6,13H,3-4H2,1-2H3,(H,14,15). The molecular weight excluding hydrogens is 386 g/mol. The Morgan fingerprint density at radius 2 is 1.86 bits per heavy atom. The van der Waals surface area contributed by atoms with Crippen molar-refractivity contribution in [3.63, 3.8) is 0 Å². The number of rotatable bonds is 6. The number of nitrogens with one attached hydrogen (secondary N) is 1. The van der Waals surface area contributed by atoms with Gasteiger partial charge in [0.15, 0.2) is 0 Å². The number of hydrogen-bond donors (Lipinski definition) is 2. The zero-order chi connectivity index (χ0) is 16.4. The van der Waals surface area contributed by atoms with E-state index < -0.39 is 25.8 Å². The van der Waals surface area contributed by atoms with Crippen molar-refractivity contribution < 1.29 is 26.7 Å². The van der Waals surface area contributed by atoms with Gasteiger partial charge in [0, 0.05) is 17.3 Å². The SMILES string of the molecule is Cc1c(Br)cc(S(=O)(=O)NCCS(C)(=O)=O)cc1C(=O)O. The van der Waals surface area contributed by atoms with Crippen LogP contribution < -0.4 is 4.72 Å². The van der Waals surface area contributed by atoms with E-state index in [1.807, 2.05) is 0 Å². The second-order valence-electron chi connectivity index (χ2n) is 4.41. The van der Waals surface area contributed by atoms with Gasteiger partial charge in [0.25, 0.3) is 0 Å². The van der Waals surface area contributed by atoms with E-state index in [9.17, 15) is 21.6 Å². The summed E-state index contributed by atoms with van der Waals surface area (Å²) in [7, 11) is -7.28. The van der Waals surface area contributed by atoms with Gasteiger partial charge in [-0.05, 0) is 24.6 Å². The molecule has 1 aromatic rings. The smallest absolute Gasteiger partial charge is 0.336 e. The summed E-state index contributed by atoms with van der Waals surface area (Å²) in [4.78, 5) is 10.8. The number of carboxylic acid groups (broad SMARTS) is 1. The molecule has 0 amide bonds. The van der Waals surface area contributed by atoms with Crippen LogP contribution >= 0.6 is 15.9 Å². The third-order valence-electron chi connectivity index (χ3n) is 2.62. The van der Waals surface area contributed by atoms with Crippen LogP contribution in [0, 0.1) is 6.92 Å². The first-order valence-corrected chi connectivity index (χ1v) is 9.98. The van der Waals surface area contributed by atoms with Crippen LogP contribution in [0.1, 0.15) is 15.9 Å². The predicted molar refractivity (Wildman–Crippen MR) is 80.7 cm³/mol. The molecule has 0 unspecified atom stereocenters. The van der Waals surface area contributed by atoms with Crippen LogP contribution in [0.15, 0.2) is 21.5 Å². The van der Waals surface area contributed by atoms with Crippen LogP contribution in [0.4, 0.5) is 0 Å². The summed E-state index contributed by atoms with van der Waals surface area (Å²) in [6.07, 6.45) is 0.992. The summed E-state index contributed by atoms with van der Waals surface area (Å²) in [6.45, 7) is 1.26. The highest BCUT2D eigenvalue weighted by molar-refractivity contribution is 9.10. The second-order valence-corrected chi connectivity index (χ2v) is 9.29. The van der Waals surface area contributed by atoms with E-state index >= 15 is 0 Å². The molecule has 0 bridgehead atoms. The van der Waals surface area contributed by atoms with Crippen LogP contribution in [0.5, 0.6) is 0 Å². The zero-order valence-corrected chi connectivity index (χ0v) is 14.5. The molecule has 0 aromatic heterocycles. The number of sulfone groups is 1. The Morgan fingerprint density at radius 3 is 2.33 bits per heavy atom. The van der Waals surface area contributed by atoms with Crippen molar-refractivity contribution in [2.24, 2.45) is 0 Å². The lowest BCUT2D eigenvalue weighted by molar-refractivity contribution is 0.0695. The Balaban J connectivity index is 3.12. The molecule has 0 aliphatic rings. The molecule has 2 N–H and O–H groups in total. The molecule has 0 saturated carbocycles. The number of carbonyl (C=O) groups is 1. The van der Waals surface area contributed by atoms with Crippen LogP contribution in [0.25, 0.3) is 0 Å².